The van der Waals surface area contributed by atoms with Gasteiger partial charge in [-0.3, -0.25) is 4.79 Å². The molecule has 0 aromatic heterocycles. The average Bonchev–Trinajstić information content (AvgIpc) is 2.74. The number of carbonyl (C=O) groups excluding carboxylic acids is 2. The summed E-state index contributed by atoms with van der Waals surface area (Å²) in [5.74, 6) is 1.86. The van der Waals surface area contributed by atoms with Crippen LogP contribution in [0.15, 0.2) is 54.6 Å². The summed E-state index contributed by atoms with van der Waals surface area (Å²) in [6, 6.07) is 17.8. The molecule has 1 unspecified atom stereocenters. The quantitative estimate of drug-likeness (QED) is 0.849. The van der Waals surface area contributed by atoms with Gasteiger partial charge in [0, 0.05) is 32.1 Å². The lowest BCUT2D eigenvalue weighted by atomic mass is 9.91. The summed E-state index contributed by atoms with van der Waals surface area (Å²) in [5.41, 5.74) is 1.21. The minimum atomic E-state index is -0.103. The van der Waals surface area contributed by atoms with E-state index < -0.39 is 0 Å². The van der Waals surface area contributed by atoms with Crippen molar-refractivity contribution < 1.29 is 19.1 Å². The Kier molecular flexibility index (Phi) is 5.04. The van der Waals surface area contributed by atoms with Crippen molar-refractivity contribution in [2.45, 2.75) is 24.5 Å². The highest BCUT2D eigenvalue weighted by Gasteiger charge is 2.40. The van der Waals surface area contributed by atoms with Gasteiger partial charge in [-0.05, 0) is 36.2 Å². The fraction of sp³-hybridized carbons (Fsp3) is 0.391. The lowest BCUT2D eigenvalue weighted by molar-refractivity contribution is -0.139. The number of fused-ring (bicyclic) bond motifs is 1. The Hall–Kier alpha value is -3.06. The van der Waals surface area contributed by atoms with Crippen molar-refractivity contribution in [3.63, 3.8) is 0 Å². The first-order chi connectivity index (χ1) is 14.7. The molecule has 3 aliphatic heterocycles. The summed E-state index contributed by atoms with van der Waals surface area (Å²) in [6.45, 7) is 2.74. The van der Waals surface area contributed by atoms with Crippen LogP contribution in [0.1, 0.15) is 17.9 Å². The van der Waals surface area contributed by atoms with E-state index in [1.807, 2.05) is 52.3 Å². The van der Waals surface area contributed by atoms with Gasteiger partial charge in [-0.15, -0.1) is 0 Å². The van der Waals surface area contributed by atoms with Crippen LogP contribution in [0.4, 0.5) is 4.79 Å². The van der Waals surface area contributed by atoms with Gasteiger partial charge in [-0.25, -0.2) is 4.79 Å². The second kappa shape index (κ2) is 7.99. The third kappa shape index (κ3) is 3.85. The summed E-state index contributed by atoms with van der Waals surface area (Å²) in [6.07, 6.45) is 0.782. The van der Waals surface area contributed by atoms with Gasteiger partial charge < -0.3 is 24.6 Å². The van der Waals surface area contributed by atoms with Crippen molar-refractivity contribution in [3.05, 3.63) is 60.2 Å². The van der Waals surface area contributed by atoms with E-state index >= 15 is 0 Å². The van der Waals surface area contributed by atoms with Crippen molar-refractivity contribution >= 4 is 11.9 Å². The molecule has 0 bridgehead atoms. The highest BCUT2D eigenvalue weighted by molar-refractivity contribution is 5.79. The molecule has 1 N–H and O–H groups in total. The molecule has 0 radical (unpaired) electrons. The number of nitrogens with one attached hydrogen (secondary N) is 1. The van der Waals surface area contributed by atoms with Crippen LogP contribution in [0.2, 0.25) is 0 Å². The minimum Gasteiger partial charge on any atom is -0.457 e. The molecule has 30 heavy (non-hydrogen) atoms. The number of rotatable bonds is 3. The van der Waals surface area contributed by atoms with Crippen molar-refractivity contribution in [3.8, 4) is 11.5 Å². The summed E-state index contributed by atoms with van der Waals surface area (Å²) >= 11 is 0. The zero-order chi connectivity index (χ0) is 20.5. The predicted molar refractivity (Wildman–Crippen MR) is 111 cm³/mol. The van der Waals surface area contributed by atoms with Crippen LogP contribution in [-0.4, -0.2) is 66.7 Å². The maximum atomic E-state index is 12.8. The molecule has 2 aromatic rings. The van der Waals surface area contributed by atoms with Crippen LogP contribution >= 0.6 is 0 Å². The van der Waals surface area contributed by atoms with Gasteiger partial charge in [-0.2, -0.15) is 0 Å². The molecular weight excluding hydrogens is 382 g/mol. The number of para-hydroxylation sites is 1. The van der Waals surface area contributed by atoms with Gasteiger partial charge in [-0.1, -0.05) is 30.3 Å². The Labute approximate surface area is 175 Å². The minimum absolute atomic E-state index is 0.0208. The number of nitrogens with zero attached hydrogens (tertiary/aromatic N) is 2. The number of likely N-dealkylation sites (tertiary alicyclic amines) is 2. The van der Waals surface area contributed by atoms with E-state index in [0.29, 0.717) is 32.1 Å². The predicted octanol–water partition coefficient (Wildman–Crippen LogP) is 2.59. The third-order valence-electron chi connectivity index (χ3n) is 6.08. The molecule has 2 aromatic carbocycles. The Morgan fingerprint density at radius 2 is 1.70 bits per heavy atom. The lowest BCUT2D eigenvalue weighted by Gasteiger charge is -2.46. The number of ether oxygens (including phenoxy) is 2. The van der Waals surface area contributed by atoms with E-state index in [1.165, 1.54) is 5.56 Å². The van der Waals surface area contributed by atoms with Crippen LogP contribution in [0.3, 0.4) is 0 Å². The molecule has 5 rings (SSSR count). The SMILES string of the molecule is O=C1CO[C@H]2CCN(C(=O)N3CC(c4ccc(Oc5ccccc5)cc4)C3)CC2N1. The molecule has 7 nitrogen and oxygen atoms in total. The fourth-order valence-electron chi connectivity index (χ4n) is 4.35. The number of piperidine rings is 1. The van der Waals surface area contributed by atoms with E-state index in [9.17, 15) is 9.59 Å². The van der Waals surface area contributed by atoms with Crippen molar-refractivity contribution in [1.29, 1.82) is 0 Å². The molecule has 156 valence electrons. The third-order valence-corrected chi connectivity index (χ3v) is 6.08. The van der Waals surface area contributed by atoms with Crippen molar-refractivity contribution in [2.75, 3.05) is 32.8 Å². The normalized spacial score (nSPS) is 23.9. The molecule has 3 saturated heterocycles. The topological polar surface area (TPSA) is 71.1 Å². The molecule has 0 aliphatic carbocycles. The molecule has 3 aliphatic rings. The van der Waals surface area contributed by atoms with E-state index in [-0.39, 0.29) is 30.7 Å². The zero-order valence-corrected chi connectivity index (χ0v) is 16.7. The van der Waals surface area contributed by atoms with Gasteiger partial charge >= 0.3 is 6.03 Å². The van der Waals surface area contributed by atoms with Gasteiger partial charge in [0.1, 0.15) is 18.1 Å². The molecule has 0 saturated carbocycles. The first kappa shape index (κ1) is 18.9. The number of benzene rings is 2. The maximum Gasteiger partial charge on any atom is 0.320 e. The summed E-state index contributed by atoms with van der Waals surface area (Å²) in [5, 5.41) is 2.95. The van der Waals surface area contributed by atoms with Crippen LogP contribution < -0.4 is 10.1 Å². The zero-order valence-electron chi connectivity index (χ0n) is 16.7. The monoisotopic (exact) mass is 407 g/mol. The Morgan fingerprint density at radius 3 is 2.47 bits per heavy atom. The Balaban J connectivity index is 1.13. The second-order valence-corrected chi connectivity index (χ2v) is 8.13. The smallest absolute Gasteiger partial charge is 0.320 e. The van der Waals surface area contributed by atoms with Gasteiger partial charge in [0.15, 0.2) is 0 Å². The standard InChI is InChI=1S/C23H25N3O4/c27-22-15-29-21-10-11-25(14-20(21)24-22)23(28)26-12-17(13-26)16-6-8-19(9-7-16)30-18-4-2-1-3-5-18/h1-9,17,20-21H,10-15H2,(H,24,27)/t20?,21-/m0/s1. The Morgan fingerprint density at radius 1 is 0.967 bits per heavy atom. The number of carbonyl (C=O) groups is 2. The first-order valence-corrected chi connectivity index (χ1v) is 10.4. The summed E-state index contributed by atoms with van der Waals surface area (Å²) in [7, 11) is 0. The number of amides is 3. The van der Waals surface area contributed by atoms with Gasteiger partial charge in [0.05, 0.1) is 12.1 Å². The number of urea groups is 1. The van der Waals surface area contributed by atoms with Crippen molar-refractivity contribution in [2.24, 2.45) is 0 Å². The molecule has 3 fully saturated rings. The molecule has 3 amide bonds. The highest BCUT2D eigenvalue weighted by atomic mass is 16.5. The van der Waals surface area contributed by atoms with Crippen LogP contribution in [0.25, 0.3) is 0 Å². The van der Waals surface area contributed by atoms with E-state index in [2.05, 4.69) is 17.4 Å². The largest absolute Gasteiger partial charge is 0.457 e. The van der Waals surface area contributed by atoms with E-state index in [1.54, 1.807) is 0 Å². The summed E-state index contributed by atoms with van der Waals surface area (Å²) < 4.78 is 11.4. The fourth-order valence-corrected chi connectivity index (χ4v) is 4.35. The van der Waals surface area contributed by atoms with Crippen LogP contribution in [0.5, 0.6) is 11.5 Å². The molecule has 2 atom stereocenters. The molecule has 3 heterocycles. The Bertz CT molecular complexity index is 912. The van der Waals surface area contributed by atoms with Crippen LogP contribution in [0, 0.1) is 0 Å². The maximum absolute atomic E-state index is 12.8. The average molecular weight is 407 g/mol. The van der Waals surface area contributed by atoms with Gasteiger partial charge in [0.25, 0.3) is 0 Å². The highest BCUT2D eigenvalue weighted by Crippen LogP contribution is 2.31. The van der Waals surface area contributed by atoms with Crippen molar-refractivity contribution in [1.82, 2.24) is 15.1 Å². The number of morpholine rings is 1. The van der Waals surface area contributed by atoms with E-state index in [4.69, 9.17) is 9.47 Å². The lowest BCUT2D eigenvalue weighted by Crippen LogP contribution is -2.63. The first-order valence-electron chi connectivity index (χ1n) is 10.4. The number of hydrogen-bond donors (Lipinski definition) is 1. The summed E-state index contributed by atoms with van der Waals surface area (Å²) in [4.78, 5) is 28.1. The number of hydrogen-bond acceptors (Lipinski definition) is 4. The van der Waals surface area contributed by atoms with Gasteiger partial charge in [0.2, 0.25) is 5.91 Å². The van der Waals surface area contributed by atoms with E-state index in [0.717, 1.165) is 17.9 Å². The second-order valence-electron chi connectivity index (χ2n) is 8.13. The molecular formula is C23H25N3O4. The molecule has 7 heteroatoms. The van der Waals surface area contributed by atoms with Crippen LogP contribution in [-0.2, 0) is 9.53 Å². The molecule has 0 spiro atoms.